The Hall–Kier alpha value is -2.27. The normalized spacial score (nSPS) is 13.1. The average Bonchev–Trinajstić information content (AvgIpc) is 3.10. The van der Waals surface area contributed by atoms with E-state index in [9.17, 15) is 0 Å². The molecule has 0 fully saturated rings. The third-order valence-corrected chi connectivity index (χ3v) is 5.17. The van der Waals surface area contributed by atoms with Crippen LogP contribution in [0.5, 0.6) is 0 Å². The molecule has 0 amide bonds. The molecule has 0 N–H and O–H groups in total. The first-order chi connectivity index (χ1) is 9.84. The Morgan fingerprint density at radius 1 is 1.30 bits per heavy atom. The lowest BCUT2D eigenvalue weighted by Gasteiger charge is -1.94. The molecule has 1 aliphatic heterocycles. The predicted molar refractivity (Wildman–Crippen MR) is 78.6 cm³/mol. The molecule has 4 aromatic rings. The lowest BCUT2D eigenvalue weighted by atomic mass is 10.2. The van der Waals surface area contributed by atoms with E-state index in [0.717, 1.165) is 11.4 Å². The van der Waals surface area contributed by atoms with E-state index < -0.39 is 0 Å². The van der Waals surface area contributed by atoms with Crippen LogP contribution >= 0.6 is 11.3 Å². The van der Waals surface area contributed by atoms with Gasteiger partial charge in [-0.05, 0) is 18.2 Å². The molecule has 4 aromatic heterocycles. The molecule has 20 heavy (non-hydrogen) atoms. The van der Waals surface area contributed by atoms with Gasteiger partial charge in [0.15, 0.2) is 5.52 Å². The van der Waals surface area contributed by atoms with Crippen LogP contribution in [-0.4, -0.2) is 14.5 Å². The van der Waals surface area contributed by atoms with Crippen LogP contribution in [0.3, 0.4) is 0 Å². The fraction of sp³-hybridized carbons (Fsp3) is 0.133. The van der Waals surface area contributed by atoms with Gasteiger partial charge in [0.25, 0.3) is 5.82 Å². The maximum atomic E-state index is 4.49. The number of aromatic nitrogens is 4. The van der Waals surface area contributed by atoms with Gasteiger partial charge >= 0.3 is 0 Å². The summed E-state index contributed by atoms with van der Waals surface area (Å²) >= 11 is 1.77. The van der Waals surface area contributed by atoms with E-state index in [4.69, 9.17) is 0 Å². The minimum absolute atomic E-state index is 0.905. The average molecular weight is 279 g/mol. The number of rotatable bonds is 0. The summed E-state index contributed by atoms with van der Waals surface area (Å²) in [7, 11) is 2.14. The fourth-order valence-corrected chi connectivity index (χ4v) is 4.39. The van der Waals surface area contributed by atoms with E-state index in [1.54, 1.807) is 11.3 Å². The van der Waals surface area contributed by atoms with Crippen LogP contribution in [0.25, 0.3) is 32.0 Å². The number of thiophene rings is 1. The molecule has 1 aliphatic rings. The number of imidazole rings is 1. The highest BCUT2D eigenvalue weighted by molar-refractivity contribution is 7.24. The lowest BCUT2D eigenvalue weighted by molar-refractivity contribution is -0.644. The summed E-state index contributed by atoms with van der Waals surface area (Å²) in [6.07, 6.45) is 5.70. The Kier molecular flexibility index (Phi) is 1.80. The third-order valence-electron chi connectivity index (χ3n) is 4.05. The monoisotopic (exact) mass is 279 g/mol. The summed E-state index contributed by atoms with van der Waals surface area (Å²) in [5.74, 6) is 1.27. The molecule has 0 spiro atoms. The maximum absolute atomic E-state index is 4.49. The highest BCUT2D eigenvalue weighted by Crippen LogP contribution is 2.36. The zero-order valence-corrected chi connectivity index (χ0v) is 11.7. The summed E-state index contributed by atoms with van der Waals surface area (Å²) in [5, 5.41) is 1.24. The van der Waals surface area contributed by atoms with Crippen molar-refractivity contribution in [3.8, 4) is 11.4 Å². The molecule has 0 unspecified atom stereocenters. The smallest absolute Gasteiger partial charge is 0.264 e. The minimum atomic E-state index is 0.905. The Bertz CT molecular complexity index is 996. The largest absolute Gasteiger partial charge is 0.291 e. The van der Waals surface area contributed by atoms with Gasteiger partial charge in [0, 0.05) is 24.2 Å². The van der Waals surface area contributed by atoms with E-state index in [1.807, 2.05) is 24.7 Å². The molecule has 4 nitrogen and oxygen atoms in total. The lowest BCUT2D eigenvalue weighted by Crippen LogP contribution is -2.30. The van der Waals surface area contributed by atoms with Crippen LogP contribution < -0.4 is 4.57 Å². The van der Waals surface area contributed by atoms with E-state index >= 15 is 0 Å². The van der Waals surface area contributed by atoms with Crippen LogP contribution in [0.2, 0.25) is 0 Å². The van der Waals surface area contributed by atoms with Crippen molar-refractivity contribution in [1.82, 2.24) is 14.5 Å². The summed E-state index contributed by atoms with van der Waals surface area (Å²) in [4.78, 5) is 11.1. The SMILES string of the molecule is Cn1c2[n+](c3sc4ncccc4c31)Cc1cnccc1-2. The summed E-state index contributed by atoms with van der Waals surface area (Å²) in [6, 6.07) is 6.28. The number of hydrogen-bond acceptors (Lipinski definition) is 3. The maximum Gasteiger partial charge on any atom is 0.291 e. The summed E-state index contributed by atoms with van der Waals surface area (Å²) in [6.45, 7) is 0.905. The van der Waals surface area contributed by atoms with Gasteiger partial charge in [-0.1, -0.05) is 11.3 Å². The van der Waals surface area contributed by atoms with E-state index in [-0.39, 0.29) is 0 Å². The molecule has 0 saturated heterocycles. The molecule has 0 aromatic carbocycles. The Morgan fingerprint density at radius 3 is 3.20 bits per heavy atom. The van der Waals surface area contributed by atoms with E-state index in [2.05, 4.69) is 38.3 Å². The second kappa shape index (κ2) is 3.43. The van der Waals surface area contributed by atoms with Crippen molar-refractivity contribution >= 4 is 31.9 Å². The predicted octanol–water partition coefficient (Wildman–Crippen LogP) is 2.50. The van der Waals surface area contributed by atoms with Gasteiger partial charge in [0.1, 0.15) is 11.4 Å². The van der Waals surface area contributed by atoms with Crippen LogP contribution in [0.4, 0.5) is 0 Å². The molecule has 5 heteroatoms. The number of aryl methyl sites for hydroxylation is 1. The number of fused-ring (bicyclic) bond motifs is 7. The molecule has 0 aliphatic carbocycles. The quantitative estimate of drug-likeness (QED) is 0.408. The molecule has 0 atom stereocenters. The molecular weight excluding hydrogens is 268 g/mol. The molecular formula is C15H11N4S+. The van der Waals surface area contributed by atoms with Crippen LogP contribution in [0.1, 0.15) is 5.56 Å². The van der Waals surface area contributed by atoms with Gasteiger partial charge in [-0.15, -0.1) is 0 Å². The van der Waals surface area contributed by atoms with Crippen molar-refractivity contribution in [3.63, 3.8) is 0 Å². The molecule has 5 heterocycles. The molecule has 0 bridgehead atoms. The van der Waals surface area contributed by atoms with Crippen molar-refractivity contribution in [2.75, 3.05) is 0 Å². The summed E-state index contributed by atoms with van der Waals surface area (Å²) < 4.78 is 4.68. The molecule has 96 valence electrons. The first-order valence-corrected chi connectivity index (χ1v) is 7.35. The Balaban J connectivity index is 1.98. The Labute approximate surface area is 119 Å². The summed E-state index contributed by atoms with van der Waals surface area (Å²) in [5.41, 5.74) is 3.88. The van der Waals surface area contributed by atoms with Gasteiger partial charge in [0.2, 0.25) is 4.83 Å². The number of hydrogen-bond donors (Lipinski definition) is 0. The van der Waals surface area contributed by atoms with Crippen LogP contribution in [0, 0.1) is 0 Å². The topological polar surface area (TPSA) is 34.6 Å². The standard InChI is InChI=1S/C15H11N4S/c1-18-12-11-3-2-5-17-13(11)20-15(12)19-8-9-7-16-6-4-10(9)14(18)19/h2-7H,8H2,1H3/q+1. The van der Waals surface area contributed by atoms with Crippen LogP contribution in [-0.2, 0) is 13.6 Å². The first-order valence-electron chi connectivity index (χ1n) is 6.53. The van der Waals surface area contributed by atoms with Gasteiger partial charge < -0.3 is 0 Å². The van der Waals surface area contributed by atoms with Crippen molar-refractivity contribution < 1.29 is 4.57 Å². The van der Waals surface area contributed by atoms with Crippen molar-refractivity contribution in [2.45, 2.75) is 6.54 Å². The Morgan fingerprint density at radius 2 is 2.25 bits per heavy atom. The van der Waals surface area contributed by atoms with Crippen molar-refractivity contribution in [3.05, 3.63) is 42.4 Å². The third kappa shape index (κ3) is 1.10. The van der Waals surface area contributed by atoms with Gasteiger partial charge in [-0.3, -0.25) is 4.98 Å². The zero-order valence-electron chi connectivity index (χ0n) is 10.9. The fourth-order valence-electron chi connectivity index (χ4n) is 3.21. The van der Waals surface area contributed by atoms with Gasteiger partial charge in [-0.25, -0.2) is 14.1 Å². The van der Waals surface area contributed by atoms with E-state index in [0.29, 0.717) is 0 Å². The molecule has 0 saturated carbocycles. The highest BCUT2D eigenvalue weighted by Gasteiger charge is 2.34. The number of nitrogens with zero attached hydrogens (tertiary/aromatic N) is 4. The van der Waals surface area contributed by atoms with Crippen molar-refractivity contribution in [1.29, 1.82) is 0 Å². The van der Waals surface area contributed by atoms with Gasteiger partial charge in [-0.2, -0.15) is 0 Å². The molecule has 0 radical (unpaired) electrons. The molecule has 5 rings (SSSR count). The van der Waals surface area contributed by atoms with E-state index in [1.165, 1.54) is 32.7 Å². The van der Waals surface area contributed by atoms with Crippen molar-refractivity contribution in [2.24, 2.45) is 7.05 Å². The second-order valence-electron chi connectivity index (χ2n) is 5.11. The van der Waals surface area contributed by atoms with Gasteiger partial charge in [0.05, 0.1) is 18.0 Å². The minimum Gasteiger partial charge on any atom is -0.264 e. The first kappa shape index (κ1) is 10.5. The zero-order chi connectivity index (χ0) is 13.3. The highest BCUT2D eigenvalue weighted by atomic mass is 32.1. The number of pyridine rings is 2. The van der Waals surface area contributed by atoms with Crippen LogP contribution in [0.15, 0.2) is 36.8 Å². The second-order valence-corrected chi connectivity index (χ2v) is 6.09.